The van der Waals surface area contributed by atoms with Crippen LogP contribution in [-0.2, 0) is 51.9 Å². The molecule has 12 atom stereocenters. The number of Topliss-reactive ketones (excluding diaryl/α,β-unsaturated/α-hetero) is 2. The fraction of sp³-hybridized carbons (Fsp3) is 0.875. The molecule has 1 saturated heterocycles. The molecule has 0 aromatic rings. The van der Waals surface area contributed by atoms with Gasteiger partial charge in [-0.25, -0.2) is 0 Å². The number of hydrogen-bond acceptors (Lipinski definition) is 5. The summed E-state index contributed by atoms with van der Waals surface area (Å²) in [6.07, 6.45) is 5.91. The number of nitrogens with zero attached hydrogens (tertiary/aromatic N) is 1. The Morgan fingerprint density at radius 3 is 2.15 bits per heavy atom. The molecule has 12 unspecified atom stereocenters. The standard InChI is InChI=1S/C32H49NO5.Y/c1-7-11-33-30(37)17(3)26(31(33)38)27-19-14-22(23(15-19)29(36)32(4,5)6)28(27)25-16(2)20-9-8-18(25)13-21(20)24(35)10-12-34;/h16-23,25-28,34H,7-15H2,1-6H3;. The van der Waals surface area contributed by atoms with Crippen molar-refractivity contribution in [2.24, 2.45) is 76.4 Å². The van der Waals surface area contributed by atoms with Crippen LogP contribution < -0.4 is 0 Å². The summed E-state index contributed by atoms with van der Waals surface area (Å²) in [5.41, 5.74) is -0.390. The second kappa shape index (κ2) is 11.7. The van der Waals surface area contributed by atoms with E-state index in [1.165, 1.54) is 4.90 Å². The van der Waals surface area contributed by atoms with Gasteiger partial charge in [-0.2, -0.15) is 0 Å². The van der Waals surface area contributed by atoms with Crippen LogP contribution in [0.3, 0.4) is 0 Å². The summed E-state index contributed by atoms with van der Waals surface area (Å²) < 4.78 is 0. The zero-order valence-electron chi connectivity index (χ0n) is 24.9. The number of carbonyl (C=O) groups is 4. The first kappa shape index (κ1) is 31.5. The summed E-state index contributed by atoms with van der Waals surface area (Å²) in [7, 11) is 0. The quantitative estimate of drug-likeness (QED) is 0.397. The van der Waals surface area contributed by atoms with Gasteiger partial charge in [-0.05, 0) is 85.9 Å². The Labute approximate surface area is 260 Å². The number of likely N-dealkylation sites (tertiary alicyclic amines) is 1. The number of ketones is 2. The van der Waals surface area contributed by atoms with E-state index in [2.05, 4.69) is 6.92 Å². The van der Waals surface area contributed by atoms with E-state index in [0.29, 0.717) is 41.9 Å². The molecule has 2 amide bonds. The van der Waals surface area contributed by atoms with Crippen molar-refractivity contribution in [3.05, 3.63) is 0 Å². The normalized spacial score (nSPS) is 43.2. The van der Waals surface area contributed by atoms with Crippen molar-refractivity contribution in [3.8, 4) is 0 Å². The first-order chi connectivity index (χ1) is 17.9. The molecule has 1 aliphatic heterocycles. The third-order valence-electron chi connectivity index (χ3n) is 11.8. The van der Waals surface area contributed by atoms with Gasteiger partial charge in [-0.1, -0.05) is 41.5 Å². The minimum absolute atomic E-state index is 0. The average Bonchev–Trinajstić information content (AvgIpc) is 3.50. The third-order valence-corrected chi connectivity index (χ3v) is 11.8. The molecule has 6 aliphatic rings. The molecular weight excluding hydrogens is 567 g/mol. The van der Waals surface area contributed by atoms with Gasteiger partial charge in [0.2, 0.25) is 11.8 Å². The van der Waals surface area contributed by atoms with Gasteiger partial charge in [0.25, 0.3) is 0 Å². The van der Waals surface area contributed by atoms with Gasteiger partial charge >= 0.3 is 0 Å². The number of imide groups is 1. The number of aliphatic hydroxyl groups is 1. The van der Waals surface area contributed by atoms with Gasteiger partial charge < -0.3 is 5.11 Å². The SMILES string of the molecule is CCCN1C(=O)C(C)C(C2C3CC(C(=O)C(C)(C)C)C(C3)C2C2C3CCC(C(C(=O)CCO)C3)C2C)C1=O.[Y]. The Kier molecular flexibility index (Phi) is 9.42. The molecule has 0 aromatic carbocycles. The molecule has 0 spiro atoms. The molecule has 0 aromatic heterocycles. The van der Waals surface area contributed by atoms with E-state index in [-0.39, 0.29) is 105 Å². The van der Waals surface area contributed by atoms with Gasteiger partial charge in [-0.15, -0.1) is 0 Å². The molecule has 5 saturated carbocycles. The molecule has 39 heavy (non-hydrogen) atoms. The Bertz CT molecular complexity index is 988. The van der Waals surface area contributed by atoms with Crippen LogP contribution in [0.15, 0.2) is 0 Å². The molecule has 1 heterocycles. The monoisotopic (exact) mass is 616 g/mol. The van der Waals surface area contributed by atoms with E-state index in [0.717, 1.165) is 38.5 Å². The van der Waals surface area contributed by atoms with Gasteiger partial charge in [0.15, 0.2) is 0 Å². The number of amides is 2. The van der Waals surface area contributed by atoms with Crippen LogP contribution in [0.2, 0.25) is 0 Å². The van der Waals surface area contributed by atoms with E-state index in [9.17, 15) is 24.3 Å². The van der Waals surface area contributed by atoms with Crippen molar-refractivity contribution in [2.75, 3.05) is 13.2 Å². The molecule has 7 heteroatoms. The van der Waals surface area contributed by atoms with Crippen molar-refractivity contribution in [1.82, 2.24) is 4.90 Å². The fourth-order valence-electron chi connectivity index (χ4n) is 10.5. The number of carbonyl (C=O) groups excluding carboxylic acids is 4. The largest absolute Gasteiger partial charge is 0.396 e. The summed E-state index contributed by atoms with van der Waals surface area (Å²) in [4.78, 5) is 55.2. The molecule has 4 bridgehead atoms. The number of rotatable bonds is 8. The fourth-order valence-corrected chi connectivity index (χ4v) is 10.5. The summed E-state index contributed by atoms with van der Waals surface area (Å²) in [6.45, 7) is 12.8. The maximum atomic E-state index is 13.8. The summed E-state index contributed by atoms with van der Waals surface area (Å²) in [6, 6.07) is 0. The molecule has 1 N–H and O–H groups in total. The maximum absolute atomic E-state index is 13.8. The molecule has 5 aliphatic carbocycles. The first-order valence-corrected chi connectivity index (χ1v) is 15.4. The van der Waals surface area contributed by atoms with Crippen molar-refractivity contribution < 1.29 is 57.0 Å². The van der Waals surface area contributed by atoms with E-state index in [1.54, 1.807) is 0 Å². The topological polar surface area (TPSA) is 91.8 Å². The second-order valence-corrected chi connectivity index (χ2v) is 14.6. The van der Waals surface area contributed by atoms with Gasteiger partial charge in [0, 0.05) is 75.5 Å². The Morgan fingerprint density at radius 1 is 0.897 bits per heavy atom. The number of hydrogen-bond donors (Lipinski definition) is 1. The van der Waals surface area contributed by atoms with Crippen LogP contribution in [0.5, 0.6) is 0 Å². The summed E-state index contributed by atoms with van der Waals surface area (Å²) >= 11 is 0. The van der Waals surface area contributed by atoms with Crippen LogP contribution >= 0.6 is 0 Å². The number of fused-ring (bicyclic) bond motifs is 5. The van der Waals surface area contributed by atoms with E-state index in [1.807, 2.05) is 34.6 Å². The van der Waals surface area contributed by atoms with Crippen molar-refractivity contribution in [2.45, 2.75) is 86.5 Å². The Morgan fingerprint density at radius 2 is 1.56 bits per heavy atom. The van der Waals surface area contributed by atoms with Crippen molar-refractivity contribution >= 4 is 23.4 Å². The Hall–Kier alpha value is -0.456. The minimum Gasteiger partial charge on any atom is -0.396 e. The predicted molar refractivity (Wildman–Crippen MR) is 144 cm³/mol. The molecule has 215 valence electrons. The molecule has 6 rings (SSSR count). The smallest absolute Gasteiger partial charge is 0.233 e. The first-order valence-electron chi connectivity index (χ1n) is 15.4. The van der Waals surface area contributed by atoms with Crippen LogP contribution in [-0.4, -0.2) is 46.5 Å². The second-order valence-electron chi connectivity index (χ2n) is 14.6. The van der Waals surface area contributed by atoms with Gasteiger partial charge in [0.1, 0.15) is 11.6 Å². The predicted octanol–water partition coefficient (Wildman–Crippen LogP) is 4.77. The molecule has 6 fully saturated rings. The van der Waals surface area contributed by atoms with Crippen molar-refractivity contribution in [1.29, 1.82) is 0 Å². The van der Waals surface area contributed by atoms with Crippen LogP contribution in [0, 0.1) is 76.4 Å². The molecule has 1 radical (unpaired) electrons. The van der Waals surface area contributed by atoms with Crippen LogP contribution in [0.4, 0.5) is 0 Å². The zero-order chi connectivity index (χ0) is 27.7. The van der Waals surface area contributed by atoms with E-state index in [4.69, 9.17) is 0 Å². The number of aliphatic hydroxyl groups excluding tert-OH is 1. The minimum atomic E-state index is -0.390. The Balaban J connectivity index is 0.00000353. The summed E-state index contributed by atoms with van der Waals surface area (Å²) in [5.74, 6) is 2.51. The van der Waals surface area contributed by atoms with Crippen molar-refractivity contribution in [3.63, 3.8) is 0 Å². The molecule has 6 nitrogen and oxygen atoms in total. The maximum Gasteiger partial charge on any atom is 0.233 e. The third kappa shape index (κ3) is 5.09. The van der Waals surface area contributed by atoms with E-state index >= 15 is 0 Å². The van der Waals surface area contributed by atoms with Crippen LogP contribution in [0.25, 0.3) is 0 Å². The van der Waals surface area contributed by atoms with Gasteiger partial charge in [-0.3, -0.25) is 24.1 Å². The van der Waals surface area contributed by atoms with E-state index < -0.39 is 5.41 Å². The average molecular weight is 617 g/mol. The van der Waals surface area contributed by atoms with Crippen LogP contribution in [0.1, 0.15) is 86.5 Å². The molecular formula is C32H49NO5Y. The summed E-state index contributed by atoms with van der Waals surface area (Å²) in [5, 5.41) is 9.42. The van der Waals surface area contributed by atoms with Gasteiger partial charge in [0.05, 0.1) is 5.92 Å². The zero-order valence-corrected chi connectivity index (χ0v) is 27.7.